The number of piperidine rings is 1. The number of nitrogens with zero attached hydrogens (tertiary/aromatic N) is 3. The number of aliphatic hydroxyl groups is 1. The monoisotopic (exact) mass is 551 g/mol. The van der Waals surface area contributed by atoms with Gasteiger partial charge >= 0.3 is 0 Å². The van der Waals surface area contributed by atoms with Crippen molar-refractivity contribution < 1.29 is 32.8 Å². The molecule has 3 fully saturated rings. The Morgan fingerprint density at radius 1 is 1.11 bits per heavy atom. The second-order valence-corrected chi connectivity index (χ2v) is 10.3. The van der Waals surface area contributed by atoms with E-state index in [-0.39, 0.29) is 54.0 Å². The minimum atomic E-state index is -0.718. The molecule has 0 aliphatic carbocycles. The summed E-state index contributed by atoms with van der Waals surface area (Å²) in [6.45, 7) is 2.03. The molecule has 3 N–H and O–H groups in total. The number of hydrogen-bond donors (Lipinski definition) is 3. The van der Waals surface area contributed by atoms with Crippen LogP contribution < -0.4 is 14.8 Å². The van der Waals surface area contributed by atoms with E-state index in [1.165, 1.54) is 12.1 Å². The summed E-state index contributed by atoms with van der Waals surface area (Å²) < 4.78 is 52.5. The Morgan fingerprint density at radius 2 is 1.84 bits per heavy atom. The van der Waals surface area contributed by atoms with Crippen molar-refractivity contribution in [2.75, 3.05) is 38.7 Å². The number of fused-ring (bicyclic) bond motifs is 2. The largest absolute Gasteiger partial charge is 0.490 e. The first kappa shape index (κ1) is 25.5. The van der Waals surface area contributed by atoms with E-state index < -0.39 is 36.1 Å². The molecule has 3 aliphatic heterocycles. The Labute approximate surface area is 222 Å². The predicted octanol–water partition coefficient (Wildman–Crippen LogP) is 2.88. The number of hydrogen-bond acceptors (Lipinski definition) is 9. The van der Waals surface area contributed by atoms with Crippen LogP contribution >= 0.6 is 11.6 Å². The Bertz CT molecular complexity index is 1300. The maximum Gasteiger partial charge on any atom is 0.296 e. The zero-order chi connectivity index (χ0) is 26.4. The molecule has 3 saturated heterocycles. The summed E-state index contributed by atoms with van der Waals surface area (Å²) in [7, 11) is 2.03. The van der Waals surface area contributed by atoms with E-state index in [9.17, 15) is 13.9 Å². The van der Waals surface area contributed by atoms with Crippen molar-refractivity contribution in [2.45, 2.75) is 49.9 Å². The first-order valence-corrected chi connectivity index (χ1v) is 12.9. The topological polar surface area (TPSA) is 114 Å². The molecule has 5 heterocycles. The van der Waals surface area contributed by atoms with Crippen LogP contribution in [0.15, 0.2) is 18.2 Å². The Balaban J connectivity index is 1.12. The van der Waals surface area contributed by atoms with Gasteiger partial charge in [-0.1, -0.05) is 11.6 Å². The summed E-state index contributed by atoms with van der Waals surface area (Å²) in [4.78, 5) is 13.9. The number of halogens is 3. The third-order valence-corrected chi connectivity index (χ3v) is 7.45. The molecular formula is C25H28ClF2N5O5. The molecule has 10 nitrogen and oxygen atoms in total. The maximum atomic E-state index is 14.8. The van der Waals surface area contributed by atoms with Gasteiger partial charge in [-0.15, -0.1) is 0 Å². The standard InChI is InChI=1S/C25H28ClF2N5O5/c1-33-4-2-12(3-5-33)37-13-6-16(27)14(17(28)7-13)9-29-23-15(26)8-18-24(31-23)32-25(30-18)38-20-11-36-21-19(34)10-35-22(20)21/h6-8,12,19-22,34H,2-5,9-11H2,1H3,(H2,29,30,31,32)/t19-,20-,21-,22-/m1/s1. The third-order valence-electron chi connectivity index (χ3n) is 7.17. The highest BCUT2D eigenvalue weighted by Gasteiger charge is 2.48. The van der Waals surface area contributed by atoms with Crippen LogP contribution in [0, 0.1) is 11.6 Å². The van der Waals surface area contributed by atoms with Gasteiger partial charge in [0.05, 0.1) is 23.8 Å². The number of benzene rings is 1. The highest BCUT2D eigenvalue weighted by molar-refractivity contribution is 6.33. The van der Waals surface area contributed by atoms with Crippen LogP contribution in [0.25, 0.3) is 11.2 Å². The van der Waals surface area contributed by atoms with Crippen LogP contribution in [-0.2, 0) is 16.0 Å². The average Bonchev–Trinajstić information content (AvgIpc) is 3.57. The summed E-state index contributed by atoms with van der Waals surface area (Å²) in [6, 6.07) is 4.20. The normalized spacial score (nSPS) is 26.1. The fourth-order valence-corrected chi connectivity index (χ4v) is 5.27. The molecule has 1 aromatic carbocycles. The average molecular weight is 552 g/mol. The first-order chi connectivity index (χ1) is 18.3. The van der Waals surface area contributed by atoms with Crippen LogP contribution in [0.1, 0.15) is 18.4 Å². The van der Waals surface area contributed by atoms with Crippen LogP contribution in [0.3, 0.4) is 0 Å². The van der Waals surface area contributed by atoms with E-state index in [1.807, 2.05) is 7.05 Å². The van der Waals surface area contributed by atoms with Crippen molar-refractivity contribution in [1.82, 2.24) is 19.9 Å². The number of rotatable bonds is 7. The fourth-order valence-electron chi connectivity index (χ4n) is 5.05. The number of H-pyrrole nitrogens is 1. The van der Waals surface area contributed by atoms with E-state index in [2.05, 4.69) is 25.2 Å². The molecule has 0 unspecified atom stereocenters. The molecule has 4 atom stereocenters. The number of likely N-dealkylation sites (tertiary alicyclic amines) is 1. The Morgan fingerprint density at radius 3 is 2.61 bits per heavy atom. The molecule has 2 aromatic heterocycles. The number of imidazole rings is 1. The smallest absolute Gasteiger partial charge is 0.296 e. The molecule has 13 heteroatoms. The summed E-state index contributed by atoms with van der Waals surface area (Å²) in [5.41, 5.74) is 0.669. The van der Waals surface area contributed by atoms with Crippen molar-refractivity contribution in [3.63, 3.8) is 0 Å². The minimum absolute atomic E-state index is 0.0636. The lowest BCUT2D eigenvalue weighted by molar-refractivity contribution is 0.00706. The lowest BCUT2D eigenvalue weighted by atomic mass is 10.1. The molecule has 204 valence electrons. The molecule has 0 spiro atoms. The summed E-state index contributed by atoms with van der Waals surface area (Å²) in [5, 5.41) is 13.0. The maximum absolute atomic E-state index is 14.8. The van der Waals surface area contributed by atoms with Crippen molar-refractivity contribution in [2.24, 2.45) is 0 Å². The Kier molecular flexibility index (Phi) is 6.99. The van der Waals surface area contributed by atoms with E-state index in [0.717, 1.165) is 25.9 Å². The summed E-state index contributed by atoms with van der Waals surface area (Å²) >= 11 is 6.37. The predicted molar refractivity (Wildman–Crippen MR) is 134 cm³/mol. The lowest BCUT2D eigenvalue weighted by Crippen LogP contribution is -2.35. The van der Waals surface area contributed by atoms with Gasteiger partial charge in [0.1, 0.15) is 47.6 Å². The van der Waals surface area contributed by atoms with Crippen LogP contribution in [-0.4, -0.2) is 88.8 Å². The van der Waals surface area contributed by atoms with Gasteiger partial charge in [-0.25, -0.2) is 13.8 Å². The van der Waals surface area contributed by atoms with Crippen molar-refractivity contribution in [1.29, 1.82) is 0 Å². The molecule has 0 saturated carbocycles. The van der Waals surface area contributed by atoms with Crippen LogP contribution in [0.4, 0.5) is 14.6 Å². The minimum Gasteiger partial charge on any atom is -0.490 e. The van der Waals surface area contributed by atoms with E-state index in [0.29, 0.717) is 11.2 Å². The van der Waals surface area contributed by atoms with Crippen molar-refractivity contribution in [3.05, 3.63) is 40.4 Å². The van der Waals surface area contributed by atoms with Gasteiger partial charge in [-0.2, -0.15) is 4.98 Å². The van der Waals surface area contributed by atoms with E-state index >= 15 is 0 Å². The highest BCUT2D eigenvalue weighted by Crippen LogP contribution is 2.31. The molecule has 0 bridgehead atoms. The lowest BCUT2D eigenvalue weighted by Gasteiger charge is -2.29. The summed E-state index contributed by atoms with van der Waals surface area (Å²) in [6.07, 6.45) is -0.392. The van der Waals surface area contributed by atoms with E-state index in [4.69, 9.17) is 30.5 Å². The molecule has 0 radical (unpaired) electrons. The van der Waals surface area contributed by atoms with Gasteiger partial charge < -0.3 is 39.3 Å². The quantitative estimate of drug-likeness (QED) is 0.408. The van der Waals surface area contributed by atoms with Gasteiger partial charge in [-0.05, 0) is 26.0 Å². The Hall–Kier alpha value is -2.77. The fraction of sp³-hybridized carbons (Fsp3) is 0.520. The number of anilines is 1. The zero-order valence-corrected chi connectivity index (χ0v) is 21.4. The van der Waals surface area contributed by atoms with Crippen molar-refractivity contribution >= 4 is 28.6 Å². The van der Waals surface area contributed by atoms with Gasteiger partial charge in [-0.3, -0.25) is 0 Å². The number of nitrogens with one attached hydrogen (secondary N) is 2. The molecular weight excluding hydrogens is 524 g/mol. The number of ether oxygens (including phenoxy) is 4. The molecule has 0 amide bonds. The van der Waals surface area contributed by atoms with Crippen LogP contribution in [0.2, 0.25) is 5.02 Å². The molecule has 38 heavy (non-hydrogen) atoms. The first-order valence-electron chi connectivity index (χ1n) is 12.5. The summed E-state index contributed by atoms with van der Waals surface area (Å²) in [5.74, 6) is -1.04. The van der Waals surface area contributed by atoms with Crippen LogP contribution in [0.5, 0.6) is 11.8 Å². The van der Waals surface area contributed by atoms with Gasteiger partial charge in [0.2, 0.25) is 0 Å². The number of aromatic amines is 1. The molecule has 3 aliphatic rings. The SMILES string of the molecule is CN1CCC(Oc2cc(F)c(CNc3nc4nc(O[C@@H]5CO[C@H]6[C@@H]5OC[C@H]6O)[nH]c4cc3Cl)c(F)c2)CC1. The number of aliphatic hydroxyl groups excluding tert-OH is 1. The van der Waals surface area contributed by atoms with E-state index in [1.54, 1.807) is 6.07 Å². The van der Waals surface area contributed by atoms with Gasteiger partial charge in [0.15, 0.2) is 11.8 Å². The van der Waals surface area contributed by atoms with Gasteiger partial charge in [0, 0.05) is 37.3 Å². The van der Waals surface area contributed by atoms with Gasteiger partial charge in [0.25, 0.3) is 6.01 Å². The highest BCUT2D eigenvalue weighted by atomic mass is 35.5. The zero-order valence-electron chi connectivity index (χ0n) is 20.6. The third kappa shape index (κ3) is 5.10. The second kappa shape index (κ2) is 10.4. The number of aromatic nitrogens is 3. The number of pyridine rings is 1. The van der Waals surface area contributed by atoms with Crippen molar-refractivity contribution in [3.8, 4) is 11.8 Å². The molecule has 3 aromatic rings. The molecule has 6 rings (SSSR count). The second-order valence-electron chi connectivity index (χ2n) is 9.89.